The van der Waals surface area contributed by atoms with E-state index in [1.54, 1.807) is 0 Å². The number of nitrogens with zero attached hydrogens (tertiary/aromatic N) is 1. The van der Waals surface area contributed by atoms with Gasteiger partial charge in [-0.3, -0.25) is 4.90 Å². The van der Waals surface area contributed by atoms with Crippen molar-refractivity contribution in [1.29, 1.82) is 0 Å². The third-order valence-corrected chi connectivity index (χ3v) is 4.59. The van der Waals surface area contributed by atoms with Crippen molar-refractivity contribution in [3.63, 3.8) is 0 Å². The van der Waals surface area contributed by atoms with E-state index in [4.69, 9.17) is 0 Å². The molecule has 2 rings (SSSR count). The Labute approximate surface area is 107 Å². The first-order valence-corrected chi connectivity index (χ1v) is 7.51. The van der Waals surface area contributed by atoms with Gasteiger partial charge in [-0.05, 0) is 24.7 Å². The third-order valence-electron chi connectivity index (χ3n) is 4.59. The zero-order valence-electron chi connectivity index (χ0n) is 12.1. The van der Waals surface area contributed by atoms with E-state index in [2.05, 4.69) is 37.9 Å². The van der Waals surface area contributed by atoms with E-state index >= 15 is 0 Å². The van der Waals surface area contributed by atoms with Crippen LogP contribution in [-0.4, -0.2) is 36.1 Å². The smallest absolute Gasteiger partial charge is 0.0309 e. The van der Waals surface area contributed by atoms with Crippen LogP contribution < -0.4 is 5.32 Å². The zero-order chi connectivity index (χ0) is 12.5. The molecular formula is C15H30N2. The molecule has 1 spiro atoms. The fourth-order valence-electron chi connectivity index (χ4n) is 3.73. The van der Waals surface area contributed by atoms with E-state index in [-0.39, 0.29) is 0 Å². The first kappa shape index (κ1) is 13.4. The number of nitrogens with one attached hydrogen (secondary N) is 1. The molecule has 1 unspecified atom stereocenters. The molecule has 2 nitrogen and oxygen atoms in total. The van der Waals surface area contributed by atoms with E-state index in [1.165, 1.54) is 45.3 Å². The molecule has 1 N–H and O–H groups in total. The van der Waals surface area contributed by atoms with Gasteiger partial charge in [0.25, 0.3) is 0 Å². The molecule has 17 heavy (non-hydrogen) atoms. The van der Waals surface area contributed by atoms with Gasteiger partial charge in [0.1, 0.15) is 0 Å². The summed E-state index contributed by atoms with van der Waals surface area (Å²) in [5, 5.41) is 3.89. The average Bonchev–Trinajstić information content (AvgIpc) is 2.65. The second-order valence-electron chi connectivity index (χ2n) is 7.00. The van der Waals surface area contributed by atoms with Crippen molar-refractivity contribution in [2.75, 3.05) is 19.6 Å². The topological polar surface area (TPSA) is 15.3 Å². The molecule has 2 fully saturated rings. The van der Waals surface area contributed by atoms with Gasteiger partial charge in [-0.1, -0.05) is 40.5 Å². The Morgan fingerprint density at radius 3 is 2.35 bits per heavy atom. The van der Waals surface area contributed by atoms with Gasteiger partial charge in [-0.25, -0.2) is 0 Å². The summed E-state index contributed by atoms with van der Waals surface area (Å²) in [5.74, 6) is 1.55. The van der Waals surface area contributed by atoms with Gasteiger partial charge in [0.05, 0.1) is 0 Å². The highest BCUT2D eigenvalue weighted by Gasteiger charge is 2.41. The van der Waals surface area contributed by atoms with Crippen LogP contribution in [0, 0.1) is 11.8 Å². The van der Waals surface area contributed by atoms with Crippen LogP contribution in [0.4, 0.5) is 0 Å². The predicted molar refractivity (Wildman–Crippen MR) is 74.2 cm³/mol. The maximum atomic E-state index is 3.89. The summed E-state index contributed by atoms with van der Waals surface area (Å²) in [6, 6.07) is 0.739. The lowest BCUT2D eigenvalue weighted by atomic mass is 9.88. The van der Waals surface area contributed by atoms with Crippen molar-refractivity contribution in [3.05, 3.63) is 0 Å². The molecule has 1 heterocycles. The molecular weight excluding hydrogens is 208 g/mol. The number of hydrogen-bond acceptors (Lipinski definition) is 2. The minimum atomic E-state index is 0.472. The summed E-state index contributed by atoms with van der Waals surface area (Å²) in [7, 11) is 0. The molecule has 0 aromatic carbocycles. The Kier molecular flexibility index (Phi) is 4.14. The van der Waals surface area contributed by atoms with E-state index in [0.717, 1.165) is 17.9 Å². The van der Waals surface area contributed by atoms with Crippen LogP contribution in [0.15, 0.2) is 0 Å². The Hall–Kier alpha value is -0.0800. The molecule has 0 bridgehead atoms. The Balaban J connectivity index is 2.04. The normalized spacial score (nSPS) is 29.6. The molecule has 0 aromatic heterocycles. The summed E-state index contributed by atoms with van der Waals surface area (Å²) in [4.78, 5) is 2.77. The lowest BCUT2D eigenvalue weighted by molar-refractivity contribution is 0.0480. The van der Waals surface area contributed by atoms with Crippen LogP contribution in [0.25, 0.3) is 0 Å². The molecule has 0 amide bonds. The molecule has 2 heteroatoms. The minimum absolute atomic E-state index is 0.472. The highest BCUT2D eigenvalue weighted by Crippen LogP contribution is 2.34. The highest BCUT2D eigenvalue weighted by molar-refractivity contribution is 5.01. The maximum absolute atomic E-state index is 3.89. The van der Waals surface area contributed by atoms with Crippen LogP contribution >= 0.6 is 0 Å². The van der Waals surface area contributed by atoms with Gasteiger partial charge >= 0.3 is 0 Å². The van der Waals surface area contributed by atoms with E-state index in [0.29, 0.717) is 5.54 Å². The van der Waals surface area contributed by atoms with Crippen molar-refractivity contribution in [2.24, 2.45) is 11.8 Å². The Bertz CT molecular complexity index is 241. The monoisotopic (exact) mass is 238 g/mol. The van der Waals surface area contributed by atoms with E-state index in [9.17, 15) is 0 Å². The van der Waals surface area contributed by atoms with Crippen LogP contribution in [0.2, 0.25) is 0 Å². The lowest BCUT2D eigenvalue weighted by Crippen LogP contribution is -2.64. The second kappa shape index (κ2) is 5.27. The van der Waals surface area contributed by atoms with Gasteiger partial charge < -0.3 is 5.32 Å². The summed E-state index contributed by atoms with van der Waals surface area (Å²) < 4.78 is 0. The van der Waals surface area contributed by atoms with E-state index < -0.39 is 0 Å². The van der Waals surface area contributed by atoms with Crippen molar-refractivity contribution < 1.29 is 0 Å². The average molecular weight is 238 g/mol. The number of hydrogen-bond donors (Lipinski definition) is 1. The molecule has 0 aromatic rings. The Morgan fingerprint density at radius 2 is 1.82 bits per heavy atom. The van der Waals surface area contributed by atoms with Crippen molar-refractivity contribution in [2.45, 2.75) is 65.0 Å². The third kappa shape index (κ3) is 3.03. The summed E-state index contributed by atoms with van der Waals surface area (Å²) in [6.45, 7) is 13.2. The molecule has 1 saturated carbocycles. The SMILES string of the molecule is CC(C)CN1CC2(CCCC2)NCC1C(C)C. The largest absolute Gasteiger partial charge is 0.308 e. The lowest BCUT2D eigenvalue weighted by Gasteiger charge is -2.48. The molecule has 0 radical (unpaired) electrons. The van der Waals surface area contributed by atoms with Gasteiger partial charge in [0.2, 0.25) is 0 Å². The summed E-state index contributed by atoms with van der Waals surface area (Å²) in [5.41, 5.74) is 0.472. The molecule has 1 saturated heterocycles. The quantitative estimate of drug-likeness (QED) is 0.813. The molecule has 100 valence electrons. The minimum Gasteiger partial charge on any atom is -0.308 e. The zero-order valence-corrected chi connectivity index (χ0v) is 12.1. The van der Waals surface area contributed by atoms with Crippen molar-refractivity contribution in [3.8, 4) is 0 Å². The predicted octanol–water partition coefficient (Wildman–Crippen LogP) is 2.89. The molecule has 1 aliphatic heterocycles. The highest BCUT2D eigenvalue weighted by atomic mass is 15.3. The Morgan fingerprint density at radius 1 is 1.18 bits per heavy atom. The van der Waals surface area contributed by atoms with E-state index in [1.807, 2.05) is 0 Å². The number of rotatable bonds is 3. The van der Waals surface area contributed by atoms with Crippen molar-refractivity contribution in [1.82, 2.24) is 10.2 Å². The number of piperazine rings is 1. The molecule has 2 aliphatic rings. The van der Waals surface area contributed by atoms with Crippen LogP contribution in [0.1, 0.15) is 53.4 Å². The summed E-state index contributed by atoms with van der Waals surface area (Å²) >= 11 is 0. The first-order valence-electron chi connectivity index (χ1n) is 7.51. The fraction of sp³-hybridized carbons (Fsp3) is 1.00. The van der Waals surface area contributed by atoms with Gasteiger partial charge in [0.15, 0.2) is 0 Å². The van der Waals surface area contributed by atoms with Gasteiger partial charge in [-0.15, -0.1) is 0 Å². The van der Waals surface area contributed by atoms with Crippen LogP contribution in [0.3, 0.4) is 0 Å². The van der Waals surface area contributed by atoms with Crippen LogP contribution in [0.5, 0.6) is 0 Å². The van der Waals surface area contributed by atoms with Crippen LogP contribution in [-0.2, 0) is 0 Å². The second-order valence-corrected chi connectivity index (χ2v) is 7.00. The molecule has 1 aliphatic carbocycles. The van der Waals surface area contributed by atoms with Gasteiger partial charge in [0, 0.05) is 31.2 Å². The maximum Gasteiger partial charge on any atom is 0.0309 e. The standard InChI is InChI=1S/C15H30N2/c1-12(2)10-17-11-15(7-5-6-8-15)16-9-14(17)13(3)4/h12-14,16H,5-11H2,1-4H3. The first-order chi connectivity index (χ1) is 8.02. The fourth-order valence-corrected chi connectivity index (χ4v) is 3.73. The molecule has 1 atom stereocenters. The van der Waals surface area contributed by atoms with Crippen molar-refractivity contribution >= 4 is 0 Å². The van der Waals surface area contributed by atoms with Gasteiger partial charge in [-0.2, -0.15) is 0 Å². The summed E-state index contributed by atoms with van der Waals surface area (Å²) in [6.07, 6.45) is 5.64.